The van der Waals surface area contributed by atoms with Crippen LogP contribution in [0.25, 0.3) is 10.9 Å². The second-order valence-electron chi connectivity index (χ2n) is 5.84. The predicted octanol–water partition coefficient (Wildman–Crippen LogP) is 1.41. The topological polar surface area (TPSA) is 80.9 Å². The summed E-state index contributed by atoms with van der Waals surface area (Å²) in [6, 6.07) is 7.77. The smallest absolute Gasteiger partial charge is 0.275 e. The molecule has 1 aliphatic heterocycles. The number of likely N-dealkylation sites (N-methyl/N-ethyl adjacent to an activating group) is 1. The largest absolute Gasteiger partial charge is 0.347 e. The third-order valence-electron chi connectivity index (χ3n) is 4.44. The zero-order valence-electron chi connectivity index (χ0n) is 12.9. The van der Waals surface area contributed by atoms with Crippen molar-refractivity contribution in [1.29, 1.82) is 0 Å². The van der Waals surface area contributed by atoms with Gasteiger partial charge in [0.15, 0.2) is 5.69 Å². The molecule has 0 spiro atoms. The SMILES string of the molecule is CN1CCN(C(=O)c2n[nH]c3ccccc23)C[C@@H]1c1ncc[nH]1. The number of rotatable bonds is 2. The first-order chi connectivity index (χ1) is 11.2. The summed E-state index contributed by atoms with van der Waals surface area (Å²) >= 11 is 0. The van der Waals surface area contributed by atoms with Gasteiger partial charge in [0, 0.05) is 37.4 Å². The van der Waals surface area contributed by atoms with Crippen LogP contribution in [-0.4, -0.2) is 62.6 Å². The van der Waals surface area contributed by atoms with Gasteiger partial charge in [-0.2, -0.15) is 5.10 Å². The first-order valence-electron chi connectivity index (χ1n) is 7.66. The lowest BCUT2D eigenvalue weighted by atomic mass is 10.1. The molecule has 23 heavy (non-hydrogen) atoms. The number of H-pyrrole nitrogens is 2. The Hall–Kier alpha value is -2.67. The summed E-state index contributed by atoms with van der Waals surface area (Å²) in [7, 11) is 2.05. The molecule has 118 valence electrons. The van der Waals surface area contributed by atoms with E-state index in [4.69, 9.17) is 0 Å². The Bertz CT molecular complexity index is 824. The summed E-state index contributed by atoms with van der Waals surface area (Å²) in [5, 5.41) is 8.02. The van der Waals surface area contributed by atoms with Crippen molar-refractivity contribution in [3.63, 3.8) is 0 Å². The van der Waals surface area contributed by atoms with Crippen LogP contribution in [0.2, 0.25) is 0 Å². The summed E-state index contributed by atoms with van der Waals surface area (Å²) in [5.74, 6) is 0.851. The molecule has 7 heteroatoms. The van der Waals surface area contributed by atoms with Gasteiger partial charge in [-0.3, -0.25) is 14.8 Å². The molecule has 0 bridgehead atoms. The lowest BCUT2D eigenvalue weighted by Crippen LogP contribution is -2.49. The number of carbonyl (C=O) groups excluding carboxylic acids is 1. The highest BCUT2D eigenvalue weighted by Gasteiger charge is 2.31. The van der Waals surface area contributed by atoms with Crippen LogP contribution in [0.5, 0.6) is 0 Å². The number of piperazine rings is 1. The van der Waals surface area contributed by atoms with Crippen LogP contribution in [0, 0.1) is 0 Å². The molecule has 4 rings (SSSR count). The van der Waals surface area contributed by atoms with Gasteiger partial charge in [0.2, 0.25) is 0 Å². The first kappa shape index (κ1) is 14.0. The Kier molecular flexibility index (Phi) is 3.34. The van der Waals surface area contributed by atoms with Crippen LogP contribution in [0.1, 0.15) is 22.4 Å². The highest BCUT2D eigenvalue weighted by atomic mass is 16.2. The van der Waals surface area contributed by atoms with Crippen LogP contribution in [0.4, 0.5) is 0 Å². The van der Waals surface area contributed by atoms with Gasteiger partial charge in [0.25, 0.3) is 5.91 Å². The van der Waals surface area contributed by atoms with Crippen LogP contribution < -0.4 is 0 Å². The predicted molar refractivity (Wildman–Crippen MR) is 86.0 cm³/mol. The quantitative estimate of drug-likeness (QED) is 0.750. The molecule has 2 N–H and O–H groups in total. The summed E-state index contributed by atoms with van der Waals surface area (Å²) in [6.45, 7) is 2.09. The Morgan fingerprint density at radius 1 is 1.30 bits per heavy atom. The van der Waals surface area contributed by atoms with Crippen LogP contribution in [-0.2, 0) is 0 Å². The monoisotopic (exact) mass is 310 g/mol. The van der Waals surface area contributed by atoms with Crippen LogP contribution in [0.3, 0.4) is 0 Å². The van der Waals surface area contributed by atoms with Crippen molar-refractivity contribution in [2.24, 2.45) is 0 Å². The van der Waals surface area contributed by atoms with E-state index in [0.29, 0.717) is 18.8 Å². The lowest BCUT2D eigenvalue weighted by molar-refractivity contribution is 0.0531. The highest BCUT2D eigenvalue weighted by molar-refractivity contribution is 6.04. The van der Waals surface area contributed by atoms with E-state index in [2.05, 4.69) is 32.1 Å². The number of hydrogen-bond donors (Lipinski definition) is 2. The second-order valence-corrected chi connectivity index (χ2v) is 5.84. The van der Waals surface area contributed by atoms with E-state index in [0.717, 1.165) is 23.3 Å². The molecule has 1 saturated heterocycles. The van der Waals surface area contributed by atoms with Gasteiger partial charge in [-0.25, -0.2) is 4.98 Å². The first-order valence-corrected chi connectivity index (χ1v) is 7.66. The molecule has 1 aliphatic rings. The molecule has 0 unspecified atom stereocenters. The molecule has 0 radical (unpaired) electrons. The van der Waals surface area contributed by atoms with E-state index < -0.39 is 0 Å². The summed E-state index contributed by atoms with van der Waals surface area (Å²) in [6.07, 6.45) is 3.55. The minimum Gasteiger partial charge on any atom is -0.347 e. The van der Waals surface area contributed by atoms with Crippen molar-refractivity contribution in [2.45, 2.75) is 6.04 Å². The molecule has 1 atom stereocenters. The number of aromatic amines is 2. The Labute approximate surface area is 133 Å². The van der Waals surface area contributed by atoms with Crippen molar-refractivity contribution < 1.29 is 4.79 Å². The number of amides is 1. The second kappa shape index (κ2) is 5.51. The molecule has 1 aromatic carbocycles. The van der Waals surface area contributed by atoms with Gasteiger partial charge in [-0.05, 0) is 13.1 Å². The third-order valence-corrected chi connectivity index (χ3v) is 4.44. The van der Waals surface area contributed by atoms with E-state index in [-0.39, 0.29) is 11.9 Å². The number of nitrogens with zero attached hydrogens (tertiary/aromatic N) is 4. The van der Waals surface area contributed by atoms with Gasteiger partial charge in [-0.15, -0.1) is 0 Å². The number of nitrogens with one attached hydrogen (secondary N) is 2. The van der Waals surface area contributed by atoms with Crippen molar-refractivity contribution in [3.8, 4) is 0 Å². The normalized spacial score (nSPS) is 19.3. The molecular weight excluding hydrogens is 292 g/mol. The molecule has 7 nitrogen and oxygen atoms in total. The number of imidazole rings is 1. The van der Waals surface area contributed by atoms with E-state index in [1.54, 1.807) is 6.20 Å². The minimum absolute atomic E-state index is 0.0351. The summed E-state index contributed by atoms with van der Waals surface area (Å²) in [4.78, 5) is 24.4. The van der Waals surface area contributed by atoms with E-state index in [1.165, 1.54) is 0 Å². The molecule has 2 aromatic heterocycles. The molecular formula is C16H18N6O. The Balaban J connectivity index is 1.61. The fraction of sp³-hybridized carbons (Fsp3) is 0.312. The van der Waals surface area contributed by atoms with Crippen LogP contribution in [0.15, 0.2) is 36.7 Å². The molecule has 3 aromatic rings. The maximum absolute atomic E-state index is 12.9. The van der Waals surface area contributed by atoms with Crippen molar-refractivity contribution in [1.82, 2.24) is 30.0 Å². The highest BCUT2D eigenvalue weighted by Crippen LogP contribution is 2.24. The third kappa shape index (κ3) is 2.39. The van der Waals surface area contributed by atoms with Gasteiger partial charge in [0.1, 0.15) is 5.82 Å². The molecule has 0 aliphatic carbocycles. The standard InChI is InChI=1S/C16H18N6O/c1-21-8-9-22(10-13(21)15-17-6-7-18-15)16(23)14-11-4-2-3-5-12(11)19-20-14/h2-7,13H,8-10H2,1H3,(H,17,18)(H,19,20)/t13-/m1/s1. The zero-order valence-corrected chi connectivity index (χ0v) is 12.9. The van der Waals surface area contributed by atoms with Crippen molar-refractivity contribution >= 4 is 16.8 Å². The summed E-state index contributed by atoms with van der Waals surface area (Å²) < 4.78 is 0. The van der Waals surface area contributed by atoms with Gasteiger partial charge in [0.05, 0.1) is 11.6 Å². The van der Waals surface area contributed by atoms with Gasteiger partial charge in [-0.1, -0.05) is 18.2 Å². The number of para-hydroxylation sites is 1. The Morgan fingerprint density at radius 2 is 2.17 bits per heavy atom. The average Bonchev–Trinajstić information content (AvgIpc) is 3.24. The molecule has 0 saturated carbocycles. The summed E-state index contributed by atoms with van der Waals surface area (Å²) in [5.41, 5.74) is 1.37. The number of benzene rings is 1. The maximum Gasteiger partial charge on any atom is 0.275 e. The van der Waals surface area contributed by atoms with Gasteiger partial charge < -0.3 is 9.88 Å². The molecule has 1 amide bonds. The fourth-order valence-corrected chi connectivity index (χ4v) is 3.09. The Morgan fingerprint density at radius 3 is 3.00 bits per heavy atom. The number of hydrogen-bond acceptors (Lipinski definition) is 4. The van der Waals surface area contributed by atoms with Crippen LogP contribution >= 0.6 is 0 Å². The maximum atomic E-state index is 12.9. The molecule has 3 heterocycles. The van der Waals surface area contributed by atoms with Crippen molar-refractivity contribution in [2.75, 3.05) is 26.7 Å². The van der Waals surface area contributed by atoms with Crippen molar-refractivity contribution in [3.05, 3.63) is 48.2 Å². The number of aromatic nitrogens is 4. The number of carbonyl (C=O) groups is 1. The lowest BCUT2D eigenvalue weighted by Gasteiger charge is -2.38. The van der Waals surface area contributed by atoms with Gasteiger partial charge >= 0.3 is 0 Å². The molecule has 1 fully saturated rings. The zero-order chi connectivity index (χ0) is 15.8. The number of fused-ring (bicyclic) bond motifs is 1. The van der Waals surface area contributed by atoms with E-state index in [1.807, 2.05) is 35.4 Å². The minimum atomic E-state index is -0.0351. The fourth-order valence-electron chi connectivity index (χ4n) is 3.09. The van der Waals surface area contributed by atoms with E-state index in [9.17, 15) is 4.79 Å². The average molecular weight is 310 g/mol. The van der Waals surface area contributed by atoms with E-state index >= 15 is 0 Å².